The van der Waals surface area contributed by atoms with Crippen molar-refractivity contribution >= 4 is 11.9 Å². The van der Waals surface area contributed by atoms with Gasteiger partial charge in [0.05, 0.1) is 13.2 Å². The third-order valence-corrected chi connectivity index (χ3v) is 11.8. The van der Waals surface area contributed by atoms with Crippen molar-refractivity contribution < 1.29 is 19.1 Å². The number of unbranched alkanes of at least 4 members (excludes halogenated alkanes) is 40. The van der Waals surface area contributed by atoms with Crippen LogP contribution in [0.4, 0.5) is 0 Å². The minimum absolute atomic E-state index is 0.0834. The molecule has 0 fully saturated rings. The number of hydrogen-bond acceptors (Lipinski definition) is 4. The third kappa shape index (κ3) is 49.0. The minimum atomic E-state index is -0.0834. The van der Waals surface area contributed by atoms with Crippen LogP contribution in [-0.4, -0.2) is 25.2 Å². The van der Waals surface area contributed by atoms with Gasteiger partial charge in [-0.1, -0.05) is 264 Å². The van der Waals surface area contributed by atoms with Gasteiger partial charge in [0.25, 0.3) is 0 Å². The van der Waals surface area contributed by atoms with Crippen LogP contribution in [0.2, 0.25) is 0 Å². The molecule has 0 radical (unpaired) electrons. The van der Waals surface area contributed by atoms with Crippen molar-refractivity contribution in [1.82, 2.24) is 0 Å². The van der Waals surface area contributed by atoms with E-state index in [1.54, 1.807) is 0 Å². The Morgan fingerprint density at radius 3 is 0.600 bits per heavy atom. The molecule has 0 aliphatic rings. The van der Waals surface area contributed by atoms with Gasteiger partial charge in [-0.05, 0) is 25.7 Å². The summed E-state index contributed by atoms with van der Waals surface area (Å²) >= 11 is 0. The Bertz CT molecular complexity index is 676. The van der Waals surface area contributed by atoms with E-state index in [-0.39, 0.29) is 11.9 Å². The molecule has 55 heavy (non-hydrogen) atoms. The van der Waals surface area contributed by atoms with E-state index in [2.05, 4.69) is 13.8 Å². The Hall–Kier alpha value is -1.06. The minimum Gasteiger partial charge on any atom is -0.466 e. The van der Waals surface area contributed by atoms with Gasteiger partial charge in [-0.25, -0.2) is 0 Å². The highest BCUT2D eigenvalue weighted by Crippen LogP contribution is 2.17. The fraction of sp³-hybridized carbons (Fsp3) is 0.961. The second-order valence-corrected chi connectivity index (χ2v) is 17.4. The van der Waals surface area contributed by atoms with Crippen LogP contribution in [-0.2, 0) is 19.1 Å². The maximum absolute atomic E-state index is 12.0. The monoisotopic (exact) mass is 777 g/mol. The van der Waals surface area contributed by atoms with Crippen LogP contribution in [0.15, 0.2) is 0 Å². The summed E-state index contributed by atoms with van der Waals surface area (Å²) in [6.45, 7) is 5.71. The Kier molecular flexibility index (Phi) is 48.1. The highest BCUT2D eigenvalue weighted by molar-refractivity contribution is 5.69. The molecule has 0 aliphatic carbocycles. The first-order valence-corrected chi connectivity index (χ1v) is 25.5. The van der Waals surface area contributed by atoms with Crippen molar-refractivity contribution in [3.8, 4) is 0 Å². The Balaban J connectivity index is 3.23. The van der Waals surface area contributed by atoms with E-state index in [0.717, 1.165) is 44.9 Å². The molecule has 0 atom stereocenters. The summed E-state index contributed by atoms with van der Waals surface area (Å²) in [5.41, 5.74) is 0. The maximum atomic E-state index is 12.0. The topological polar surface area (TPSA) is 52.6 Å². The SMILES string of the molecule is CCCCCCCCCCCCCCCCCCCCCCOC(=O)CCCCCC(=O)OCCCCCCCCCCCCCCCCCCCCCC. The first-order chi connectivity index (χ1) is 27.2. The molecule has 0 amide bonds. The molecule has 0 bridgehead atoms. The van der Waals surface area contributed by atoms with Gasteiger partial charge in [0.1, 0.15) is 0 Å². The molecule has 0 saturated heterocycles. The average Bonchev–Trinajstić information content (AvgIpc) is 3.19. The van der Waals surface area contributed by atoms with Crippen LogP contribution in [0, 0.1) is 0 Å². The standard InChI is InChI=1S/C51H100O4/c1-3-5-7-9-11-13-15-17-19-21-23-25-27-29-31-33-35-37-39-44-48-54-50(52)46-42-41-43-47-51(53)55-49-45-40-38-36-34-32-30-28-26-24-22-20-18-16-14-12-10-8-6-4-2/h3-49H2,1-2H3. The lowest BCUT2D eigenvalue weighted by Crippen LogP contribution is -2.07. The van der Waals surface area contributed by atoms with E-state index in [1.165, 1.54) is 231 Å². The quantitative estimate of drug-likeness (QED) is 0.0456. The van der Waals surface area contributed by atoms with Crippen LogP contribution in [0.1, 0.15) is 303 Å². The van der Waals surface area contributed by atoms with Crippen molar-refractivity contribution in [2.75, 3.05) is 13.2 Å². The van der Waals surface area contributed by atoms with Gasteiger partial charge < -0.3 is 9.47 Å². The molecular weight excluding hydrogens is 677 g/mol. The van der Waals surface area contributed by atoms with Gasteiger partial charge in [0.15, 0.2) is 0 Å². The molecule has 0 unspecified atom stereocenters. The number of carbonyl (C=O) groups excluding carboxylic acids is 2. The van der Waals surface area contributed by atoms with Crippen LogP contribution < -0.4 is 0 Å². The van der Waals surface area contributed by atoms with Crippen LogP contribution in [0.25, 0.3) is 0 Å². The normalized spacial score (nSPS) is 11.4. The summed E-state index contributed by atoms with van der Waals surface area (Å²) < 4.78 is 10.9. The lowest BCUT2D eigenvalue weighted by Gasteiger charge is -2.06. The smallest absolute Gasteiger partial charge is 0.305 e. The lowest BCUT2D eigenvalue weighted by atomic mass is 10.0. The van der Waals surface area contributed by atoms with Gasteiger partial charge in [-0.3, -0.25) is 9.59 Å². The van der Waals surface area contributed by atoms with Crippen LogP contribution in [0.5, 0.6) is 0 Å². The van der Waals surface area contributed by atoms with Gasteiger partial charge in [-0.15, -0.1) is 0 Å². The molecule has 0 aromatic heterocycles. The molecule has 0 heterocycles. The zero-order chi connectivity index (χ0) is 39.8. The van der Waals surface area contributed by atoms with Crippen molar-refractivity contribution in [1.29, 1.82) is 0 Å². The number of rotatable bonds is 48. The molecule has 0 aromatic rings. The number of carbonyl (C=O) groups is 2. The second kappa shape index (κ2) is 49.1. The Morgan fingerprint density at radius 1 is 0.236 bits per heavy atom. The average molecular weight is 777 g/mol. The lowest BCUT2D eigenvalue weighted by molar-refractivity contribution is -0.144. The maximum Gasteiger partial charge on any atom is 0.305 e. The van der Waals surface area contributed by atoms with Crippen LogP contribution >= 0.6 is 0 Å². The summed E-state index contributed by atoms with van der Waals surface area (Å²) in [6.07, 6.45) is 58.4. The molecule has 0 aromatic carbocycles. The van der Waals surface area contributed by atoms with Crippen molar-refractivity contribution in [2.45, 2.75) is 303 Å². The molecule has 0 N–H and O–H groups in total. The number of hydrogen-bond donors (Lipinski definition) is 0. The van der Waals surface area contributed by atoms with Gasteiger partial charge in [0.2, 0.25) is 0 Å². The van der Waals surface area contributed by atoms with Crippen molar-refractivity contribution in [2.24, 2.45) is 0 Å². The first kappa shape index (κ1) is 53.9. The highest BCUT2D eigenvalue weighted by Gasteiger charge is 2.06. The van der Waals surface area contributed by atoms with E-state index in [9.17, 15) is 9.59 Å². The van der Waals surface area contributed by atoms with E-state index in [1.807, 2.05) is 0 Å². The summed E-state index contributed by atoms with van der Waals surface area (Å²) in [5.74, 6) is -0.167. The van der Waals surface area contributed by atoms with E-state index >= 15 is 0 Å². The fourth-order valence-corrected chi connectivity index (χ4v) is 7.95. The van der Waals surface area contributed by atoms with E-state index in [0.29, 0.717) is 26.1 Å². The van der Waals surface area contributed by atoms with E-state index in [4.69, 9.17) is 9.47 Å². The fourth-order valence-electron chi connectivity index (χ4n) is 7.95. The van der Waals surface area contributed by atoms with Gasteiger partial charge in [-0.2, -0.15) is 0 Å². The molecule has 0 spiro atoms. The summed E-state index contributed by atoms with van der Waals surface area (Å²) in [7, 11) is 0. The highest BCUT2D eigenvalue weighted by atomic mass is 16.5. The third-order valence-electron chi connectivity index (χ3n) is 11.8. The molecule has 0 rings (SSSR count). The summed E-state index contributed by atoms with van der Waals surface area (Å²) in [5, 5.41) is 0. The second-order valence-electron chi connectivity index (χ2n) is 17.4. The first-order valence-electron chi connectivity index (χ1n) is 25.5. The van der Waals surface area contributed by atoms with Crippen molar-refractivity contribution in [3.63, 3.8) is 0 Å². The molecule has 0 saturated carbocycles. The molecule has 4 nitrogen and oxygen atoms in total. The molecule has 4 heteroatoms. The van der Waals surface area contributed by atoms with Gasteiger partial charge >= 0.3 is 11.9 Å². The Morgan fingerprint density at radius 2 is 0.400 bits per heavy atom. The zero-order valence-corrected chi connectivity index (χ0v) is 37.9. The predicted octanol–water partition coefficient (Wildman–Crippen LogP) is 17.7. The number of ether oxygens (including phenoxy) is 2. The largest absolute Gasteiger partial charge is 0.466 e. The summed E-state index contributed by atoms with van der Waals surface area (Å²) in [6, 6.07) is 0. The van der Waals surface area contributed by atoms with Gasteiger partial charge in [0, 0.05) is 12.8 Å². The Labute approximate surface area is 346 Å². The zero-order valence-electron chi connectivity index (χ0n) is 37.9. The number of esters is 2. The predicted molar refractivity (Wildman–Crippen MR) is 241 cm³/mol. The molecular formula is C51H100O4. The molecule has 0 aliphatic heterocycles. The molecule has 328 valence electrons. The van der Waals surface area contributed by atoms with E-state index < -0.39 is 0 Å². The van der Waals surface area contributed by atoms with Crippen molar-refractivity contribution in [3.05, 3.63) is 0 Å². The van der Waals surface area contributed by atoms with Crippen LogP contribution in [0.3, 0.4) is 0 Å². The summed E-state index contributed by atoms with van der Waals surface area (Å²) in [4.78, 5) is 24.1.